The average Bonchev–Trinajstić information content (AvgIpc) is 3.62. The molecule has 0 spiro atoms. The van der Waals surface area contributed by atoms with Gasteiger partial charge in [0.2, 0.25) is 0 Å². The summed E-state index contributed by atoms with van der Waals surface area (Å²) in [7, 11) is 0. The molecule has 0 unspecified atom stereocenters. The molecule has 1 amide bonds. The summed E-state index contributed by atoms with van der Waals surface area (Å²) in [5.41, 5.74) is 7.24. The molecule has 3 aromatic rings. The van der Waals surface area contributed by atoms with Crippen LogP contribution in [0.1, 0.15) is 56.1 Å². The number of nitrogens with one attached hydrogen (secondary N) is 1. The fourth-order valence-corrected chi connectivity index (χ4v) is 4.46. The molecule has 5 nitrogen and oxygen atoms in total. The maximum Gasteiger partial charge on any atom is 0.307 e. The summed E-state index contributed by atoms with van der Waals surface area (Å²) >= 11 is 0. The highest BCUT2D eigenvalue weighted by atomic mass is 16.5. The molecular weight excluding hydrogens is 426 g/mol. The SMILES string of the molecule is Cc1ccc([C@H]2C[C@H]2C(=O)O)cc1NC(=O)c1cc(C)c(OCCc2ccccc2)c(C)c1C. The van der Waals surface area contributed by atoms with E-state index in [1.165, 1.54) is 5.56 Å². The molecule has 0 radical (unpaired) electrons. The molecule has 0 aromatic heterocycles. The Hall–Kier alpha value is -3.60. The average molecular weight is 458 g/mol. The predicted octanol–water partition coefficient (Wildman–Crippen LogP) is 5.98. The molecular formula is C29H31NO4. The summed E-state index contributed by atoms with van der Waals surface area (Å²) in [5.74, 6) is -0.411. The number of hydrogen-bond donors (Lipinski definition) is 2. The van der Waals surface area contributed by atoms with Crippen LogP contribution in [0.5, 0.6) is 5.75 Å². The van der Waals surface area contributed by atoms with Crippen molar-refractivity contribution in [3.63, 3.8) is 0 Å². The van der Waals surface area contributed by atoms with Crippen molar-refractivity contribution in [2.45, 2.75) is 46.5 Å². The fraction of sp³-hybridized carbons (Fsp3) is 0.310. The summed E-state index contributed by atoms with van der Waals surface area (Å²) in [6.45, 7) is 8.40. The van der Waals surface area contributed by atoms with E-state index in [4.69, 9.17) is 4.74 Å². The molecule has 1 fully saturated rings. The molecule has 3 aromatic carbocycles. The smallest absolute Gasteiger partial charge is 0.307 e. The van der Waals surface area contributed by atoms with Crippen molar-refractivity contribution in [3.8, 4) is 5.75 Å². The van der Waals surface area contributed by atoms with Crippen LogP contribution in [0, 0.1) is 33.6 Å². The Morgan fingerprint density at radius 1 is 0.971 bits per heavy atom. The molecule has 34 heavy (non-hydrogen) atoms. The largest absolute Gasteiger partial charge is 0.493 e. The van der Waals surface area contributed by atoms with E-state index in [1.54, 1.807) is 0 Å². The number of amides is 1. The van der Waals surface area contributed by atoms with Crippen molar-refractivity contribution in [1.82, 2.24) is 0 Å². The summed E-state index contributed by atoms with van der Waals surface area (Å²) in [4.78, 5) is 24.5. The predicted molar refractivity (Wildman–Crippen MR) is 134 cm³/mol. The van der Waals surface area contributed by atoms with Crippen LogP contribution in [-0.4, -0.2) is 23.6 Å². The van der Waals surface area contributed by atoms with Gasteiger partial charge in [-0.2, -0.15) is 0 Å². The first kappa shape index (κ1) is 23.6. The molecule has 176 valence electrons. The van der Waals surface area contributed by atoms with Gasteiger partial charge in [-0.15, -0.1) is 0 Å². The Morgan fingerprint density at radius 3 is 2.38 bits per heavy atom. The lowest BCUT2D eigenvalue weighted by Crippen LogP contribution is -2.16. The molecule has 0 saturated heterocycles. The van der Waals surface area contributed by atoms with Gasteiger partial charge < -0.3 is 15.2 Å². The summed E-state index contributed by atoms with van der Waals surface area (Å²) in [6.07, 6.45) is 1.47. The van der Waals surface area contributed by atoms with Crippen LogP contribution in [0.3, 0.4) is 0 Å². The number of benzene rings is 3. The van der Waals surface area contributed by atoms with Gasteiger partial charge in [-0.3, -0.25) is 9.59 Å². The number of aryl methyl sites for hydroxylation is 2. The first-order chi connectivity index (χ1) is 16.3. The van der Waals surface area contributed by atoms with Crippen molar-refractivity contribution < 1.29 is 19.4 Å². The van der Waals surface area contributed by atoms with Gasteiger partial charge >= 0.3 is 5.97 Å². The highest BCUT2D eigenvalue weighted by molar-refractivity contribution is 6.06. The van der Waals surface area contributed by atoms with E-state index < -0.39 is 5.97 Å². The van der Waals surface area contributed by atoms with Crippen molar-refractivity contribution >= 4 is 17.6 Å². The maximum absolute atomic E-state index is 13.2. The van der Waals surface area contributed by atoms with E-state index in [9.17, 15) is 14.7 Å². The van der Waals surface area contributed by atoms with Crippen LogP contribution < -0.4 is 10.1 Å². The number of carboxylic acids is 1. The topological polar surface area (TPSA) is 75.6 Å². The van der Waals surface area contributed by atoms with Gasteiger partial charge in [0, 0.05) is 17.7 Å². The lowest BCUT2D eigenvalue weighted by molar-refractivity contribution is -0.138. The van der Waals surface area contributed by atoms with E-state index in [-0.39, 0.29) is 17.7 Å². The second kappa shape index (κ2) is 9.72. The lowest BCUT2D eigenvalue weighted by atomic mass is 9.97. The molecule has 1 aliphatic carbocycles. The summed E-state index contributed by atoms with van der Waals surface area (Å²) < 4.78 is 6.12. The van der Waals surface area contributed by atoms with E-state index in [0.717, 1.165) is 45.7 Å². The Labute approximate surface area is 200 Å². The first-order valence-corrected chi connectivity index (χ1v) is 11.7. The van der Waals surface area contributed by atoms with Crippen LogP contribution >= 0.6 is 0 Å². The molecule has 4 rings (SSSR count). The highest BCUT2D eigenvalue weighted by Gasteiger charge is 2.44. The van der Waals surface area contributed by atoms with Gasteiger partial charge in [0.15, 0.2) is 0 Å². The second-order valence-electron chi connectivity index (χ2n) is 9.22. The minimum atomic E-state index is -0.760. The van der Waals surface area contributed by atoms with Gasteiger partial charge in [-0.25, -0.2) is 0 Å². The normalized spacial score (nSPS) is 16.7. The number of carbonyl (C=O) groups is 2. The zero-order chi connectivity index (χ0) is 24.4. The van der Waals surface area contributed by atoms with Crippen LogP contribution in [0.4, 0.5) is 5.69 Å². The number of rotatable bonds is 8. The molecule has 1 aliphatic rings. The number of carboxylic acid groups (broad SMARTS) is 1. The standard InChI is InChI=1S/C29H31NO4/c1-17-10-11-22(24-16-25(24)29(32)33)15-26(17)30-28(31)23-14-18(2)27(20(4)19(23)3)34-13-12-21-8-6-5-7-9-21/h5-11,14-15,24-25H,12-13,16H2,1-4H3,(H,30,31)(H,32,33)/t24-,25-/m1/s1. The second-order valence-corrected chi connectivity index (χ2v) is 9.22. The van der Waals surface area contributed by atoms with E-state index in [1.807, 2.05) is 70.2 Å². The van der Waals surface area contributed by atoms with E-state index in [2.05, 4.69) is 17.4 Å². The number of anilines is 1. The first-order valence-electron chi connectivity index (χ1n) is 11.7. The van der Waals surface area contributed by atoms with Crippen LogP contribution in [0.2, 0.25) is 0 Å². The van der Waals surface area contributed by atoms with Crippen molar-refractivity contribution in [3.05, 3.63) is 93.5 Å². The number of ether oxygens (including phenoxy) is 1. The van der Waals surface area contributed by atoms with E-state index in [0.29, 0.717) is 18.6 Å². The third kappa shape index (κ3) is 4.98. The Balaban J connectivity index is 1.49. The zero-order valence-corrected chi connectivity index (χ0v) is 20.1. The zero-order valence-electron chi connectivity index (χ0n) is 20.1. The van der Waals surface area contributed by atoms with Crippen molar-refractivity contribution in [1.29, 1.82) is 0 Å². The fourth-order valence-electron chi connectivity index (χ4n) is 4.46. The minimum absolute atomic E-state index is 0.0206. The monoisotopic (exact) mass is 457 g/mol. The van der Waals surface area contributed by atoms with Gasteiger partial charge in [0.05, 0.1) is 12.5 Å². The molecule has 1 saturated carbocycles. The van der Waals surface area contributed by atoms with Gasteiger partial charge in [0.25, 0.3) is 5.91 Å². The maximum atomic E-state index is 13.2. The van der Waals surface area contributed by atoms with Crippen molar-refractivity contribution in [2.24, 2.45) is 5.92 Å². The highest BCUT2D eigenvalue weighted by Crippen LogP contribution is 2.48. The third-order valence-electron chi connectivity index (χ3n) is 6.80. The molecule has 2 N–H and O–H groups in total. The number of carbonyl (C=O) groups excluding carboxylic acids is 1. The third-order valence-corrected chi connectivity index (χ3v) is 6.80. The summed E-state index contributed by atoms with van der Waals surface area (Å²) in [5, 5.41) is 12.3. The lowest BCUT2D eigenvalue weighted by Gasteiger charge is -2.18. The van der Waals surface area contributed by atoms with Crippen LogP contribution in [-0.2, 0) is 11.2 Å². The Kier molecular flexibility index (Phi) is 6.73. The van der Waals surface area contributed by atoms with Crippen LogP contribution in [0.15, 0.2) is 54.6 Å². The van der Waals surface area contributed by atoms with Gasteiger partial charge in [-0.05, 0) is 85.5 Å². The quantitative estimate of drug-likeness (QED) is 0.436. The van der Waals surface area contributed by atoms with Crippen LogP contribution in [0.25, 0.3) is 0 Å². The van der Waals surface area contributed by atoms with E-state index >= 15 is 0 Å². The molecule has 0 bridgehead atoms. The molecule has 0 heterocycles. The Morgan fingerprint density at radius 2 is 1.71 bits per heavy atom. The minimum Gasteiger partial charge on any atom is -0.493 e. The molecule has 2 atom stereocenters. The molecule has 5 heteroatoms. The summed E-state index contributed by atoms with van der Waals surface area (Å²) in [6, 6.07) is 17.9. The Bertz CT molecular complexity index is 1230. The van der Waals surface area contributed by atoms with Gasteiger partial charge in [-0.1, -0.05) is 42.5 Å². The number of aliphatic carboxylic acids is 1. The van der Waals surface area contributed by atoms with Crippen molar-refractivity contribution in [2.75, 3.05) is 11.9 Å². The molecule has 0 aliphatic heterocycles. The van der Waals surface area contributed by atoms with Gasteiger partial charge in [0.1, 0.15) is 5.75 Å². The number of hydrogen-bond acceptors (Lipinski definition) is 3.